The summed E-state index contributed by atoms with van der Waals surface area (Å²) in [7, 11) is 0. The first-order valence-corrected chi connectivity index (χ1v) is 5.86. The molecule has 0 saturated carbocycles. The molecule has 0 aliphatic rings. The van der Waals surface area contributed by atoms with Gasteiger partial charge in [0.25, 0.3) is 0 Å². The van der Waals surface area contributed by atoms with Crippen LogP contribution in [0.3, 0.4) is 0 Å². The van der Waals surface area contributed by atoms with Crippen molar-refractivity contribution in [1.29, 1.82) is 0 Å². The molecule has 3 nitrogen and oxygen atoms in total. The van der Waals surface area contributed by atoms with Crippen LogP contribution >= 0.6 is 0 Å². The van der Waals surface area contributed by atoms with Gasteiger partial charge in [0.1, 0.15) is 0 Å². The first-order valence-electron chi connectivity index (χ1n) is 5.86. The summed E-state index contributed by atoms with van der Waals surface area (Å²) in [6, 6.07) is 0. The molecule has 0 amide bonds. The number of esters is 1. The summed E-state index contributed by atoms with van der Waals surface area (Å²) < 4.78 is 10.4. The standard InChI is InChI=1S/C12H24O3/c1-5-7-15-12(13)11(8-10(3)4)9-14-6-2/h10-11H,5-9H2,1-4H3. The van der Waals surface area contributed by atoms with E-state index in [1.165, 1.54) is 0 Å². The third-order valence-electron chi connectivity index (χ3n) is 2.06. The molecular formula is C12H24O3. The zero-order valence-electron chi connectivity index (χ0n) is 10.4. The fourth-order valence-corrected chi connectivity index (χ4v) is 1.38. The lowest BCUT2D eigenvalue weighted by Gasteiger charge is -2.17. The van der Waals surface area contributed by atoms with Gasteiger partial charge in [0.15, 0.2) is 0 Å². The maximum absolute atomic E-state index is 11.6. The second kappa shape index (κ2) is 8.72. The largest absolute Gasteiger partial charge is 0.465 e. The molecule has 0 aromatic carbocycles. The van der Waals surface area contributed by atoms with Crippen LogP contribution < -0.4 is 0 Å². The van der Waals surface area contributed by atoms with Gasteiger partial charge in [0.05, 0.1) is 19.1 Å². The van der Waals surface area contributed by atoms with Crippen LogP contribution in [0.2, 0.25) is 0 Å². The molecule has 90 valence electrons. The minimum atomic E-state index is -0.112. The van der Waals surface area contributed by atoms with Gasteiger partial charge in [-0.3, -0.25) is 4.79 Å². The van der Waals surface area contributed by atoms with Crippen LogP contribution in [0.25, 0.3) is 0 Å². The second-order valence-corrected chi connectivity index (χ2v) is 4.15. The summed E-state index contributed by atoms with van der Waals surface area (Å²) in [5, 5.41) is 0. The third kappa shape index (κ3) is 7.37. The van der Waals surface area contributed by atoms with E-state index in [2.05, 4.69) is 13.8 Å². The molecule has 3 heteroatoms. The number of carbonyl (C=O) groups excluding carboxylic acids is 1. The quantitative estimate of drug-likeness (QED) is 0.585. The van der Waals surface area contributed by atoms with Gasteiger partial charge in [-0.25, -0.2) is 0 Å². The number of hydrogen-bond donors (Lipinski definition) is 0. The Morgan fingerprint density at radius 3 is 2.40 bits per heavy atom. The lowest BCUT2D eigenvalue weighted by atomic mass is 9.98. The summed E-state index contributed by atoms with van der Waals surface area (Å²) >= 11 is 0. The summed E-state index contributed by atoms with van der Waals surface area (Å²) in [5.74, 6) is 0.278. The fourth-order valence-electron chi connectivity index (χ4n) is 1.38. The number of rotatable bonds is 8. The van der Waals surface area contributed by atoms with E-state index >= 15 is 0 Å². The van der Waals surface area contributed by atoms with E-state index in [4.69, 9.17) is 9.47 Å². The summed E-state index contributed by atoms with van der Waals surface area (Å²) in [6.45, 7) is 9.78. The van der Waals surface area contributed by atoms with Crippen LogP contribution in [0.15, 0.2) is 0 Å². The van der Waals surface area contributed by atoms with Crippen LogP contribution in [0.4, 0.5) is 0 Å². The highest BCUT2D eigenvalue weighted by Gasteiger charge is 2.21. The molecule has 0 rings (SSSR count). The molecule has 0 N–H and O–H groups in total. The van der Waals surface area contributed by atoms with Crippen LogP contribution in [0.1, 0.15) is 40.5 Å². The lowest BCUT2D eigenvalue weighted by molar-refractivity contribution is -0.151. The Hall–Kier alpha value is -0.570. The van der Waals surface area contributed by atoms with E-state index in [0.29, 0.717) is 25.7 Å². The minimum Gasteiger partial charge on any atom is -0.465 e. The van der Waals surface area contributed by atoms with E-state index in [0.717, 1.165) is 12.8 Å². The van der Waals surface area contributed by atoms with Crippen molar-refractivity contribution in [3.63, 3.8) is 0 Å². The molecule has 0 spiro atoms. The first-order chi connectivity index (χ1) is 7.11. The number of hydrogen-bond acceptors (Lipinski definition) is 3. The van der Waals surface area contributed by atoms with Crippen LogP contribution in [0, 0.1) is 11.8 Å². The van der Waals surface area contributed by atoms with Crippen molar-refractivity contribution >= 4 is 5.97 Å². The van der Waals surface area contributed by atoms with E-state index in [1.807, 2.05) is 13.8 Å². The van der Waals surface area contributed by atoms with Crippen molar-refractivity contribution in [3.05, 3.63) is 0 Å². The summed E-state index contributed by atoms with van der Waals surface area (Å²) in [5.41, 5.74) is 0. The van der Waals surface area contributed by atoms with Gasteiger partial charge in [0.2, 0.25) is 0 Å². The first kappa shape index (κ1) is 14.4. The molecule has 0 aromatic rings. The van der Waals surface area contributed by atoms with Crippen LogP contribution in [-0.4, -0.2) is 25.8 Å². The van der Waals surface area contributed by atoms with E-state index in [1.54, 1.807) is 0 Å². The highest BCUT2D eigenvalue weighted by molar-refractivity contribution is 5.72. The summed E-state index contributed by atoms with van der Waals surface area (Å²) in [4.78, 5) is 11.6. The van der Waals surface area contributed by atoms with Crippen molar-refractivity contribution in [2.45, 2.75) is 40.5 Å². The Morgan fingerprint density at radius 2 is 1.93 bits per heavy atom. The van der Waals surface area contributed by atoms with Crippen molar-refractivity contribution in [2.75, 3.05) is 19.8 Å². The highest BCUT2D eigenvalue weighted by Crippen LogP contribution is 2.14. The van der Waals surface area contributed by atoms with E-state index < -0.39 is 0 Å². The number of ether oxygens (including phenoxy) is 2. The monoisotopic (exact) mass is 216 g/mol. The molecule has 1 unspecified atom stereocenters. The van der Waals surface area contributed by atoms with E-state index in [9.17, 15) is 4.79 Å². The van der Waals surface area contributed by atoms with Gasteiger partial charge >= 0.3 is 5.97 Å². The average molecular weight is 216 g/mol. The van der Waals surface area contributed by atoms with Gasteiger partial charge in [0, 0.05) is 6.61 Å². The zero-order valence-corrected chi connectivity index (χ0v) is 10.4. The third-order valence-corrected chi connectivity index (χ3v) is 2.06. The van der Waals surface area contributed by atoms with Crippen molar-refractivity contribution < 1.29 is 14.3 Å². The predicted octanol–water partition coefficient (Wildman–Crippen LogP) is 2.64. The Labute approximate surface area is 93.1 Å². The molecule has 0 saturated heterocycles. The van der Waals surface area contributed by atoms with Crippen molar-refractivity contribution in [3.8, 4) is 0 Å². The maximum atomic E-state index is 11.6. The molecule has 0 fully saturated rings. The molecule has 1 atom stereocenters. The molecule has 0 aliphatic heterocycles. The van der Waals surface area contributed by atoms with Crippen molar-refractivity contribution in [1.82, 2.24) is 0 Å². The van der Waals surface area contributed by atoms with E-state index in [-0.39, 0.29) is 11.9 Å². The molecule has 15 heavy (non-hydrogen) atoms. The Morgan fingerprint density at radius 1 is 1.27 bits per heavy atom. The van der Waals surface area contributed by atoms with Gasteiger partial charge in [-0.1, -0.05) is 20.8 Å². The van der Waals surface area contributed by atoms with Gasteiger partial charge in [-0.05, 0) is 25.7 Å². The Kier molecular flexibility index (Phi) is 8.38. The molecule has 0 radical (unpaired) electrons. The van der Waals surface area contributed by atoms with Crippen LogP contribution in [0.5, 0.6) is 0 Å². The smallest absolute Gasteiger partial charge is 0.311 e. The molecule has 0 aromatic heterocycles. The molecule has 0 heterocycles. The topological polar surface area (TPSA) is 35.5 Å². The molecular weight excluding hydrogens is 192 g/mol. The molecule has 0 bridgehead atoms. The van der Waals surface area contributed by atoms with Gasteiger partial charge < -0.3 is 9.47 Å². The zero-order chi connectivity index (χ0) is 11.7. The SMILES string of the molecule is CCCOC(=O)C(COCC)CC(C)C. The number of carbonyl (C=O) groups is 1. The minimum absolute atomic E-state index is 0.100. The van der Waals surface area contributed by atoms with Crippen LogP contribution in [-0.2, 0) is 14.3 Å². The fraction of sp³-hybridized carbons (Fsp3) is 0.917. The summed E-state index contributed by atoms with van der Waals surface area (Å²) in [6.07, 6.45) is 1.71. The maximum Gasteiger partial charge on any atom is 0.311 e. The predicted molar refractivity (Wildman–Crippen MR) is 60.7 cm³/mol. The van der Waals surface area contributed by atoms with Crippen molar-refractivity contribution in [2.24, 2.45) is 11.8 Å². The molecule has 0 aliphatic carbocycles. The lowest BCUT2D eigenvalue weighted by Crippen LogP contribution is -2.24. The second-order valence-electron chi connectivity index (χ2n) is 4.15. The Bertz CT molecular complexity index is 166. The van der Waals surface area contributed by atoms with Gasteiger partial charge in [-0.2, -0.15) is 0 Å². The normalized spacial score (nSPS) is 12.9. The Balaban J connectivity index is 4.02. The average Bonchev–Trinajstić information content (AvgIpc) is 2.20. The highest BCUT2D eigenvalue weighted by atomic mass is 16.5. The van der Waals surface area contributed by atoms with Gasteiger partial charge in [-0.15, -0.1) is 0 Å².